The van der Waals surface area contributed by atoms with Crippen molar-refractivity contribution in [2.75, 3.05) is 6.61 Å². The first kappa shape index (κ1) is 4.59. The van der Waals surface area contributed by atoms with Crippen LogP contribution in [0.25, 0.3) is 0 Å². The summed E-state index contributed by atoms with van der Waals surface area (Å²) in [6.45, 7) is -0.125. The van der Waals surface area contributed by atoms with Crippen molar-refractivity contribution in [3.8, 4) is 0 Å². The predicted molar refractivity (Wildman–Crippen MR) is 15.6 cm³/mol. The van der Waals surface area contributed by atoms with Gasteiger partial charge in [-0.2, -0.15) is 0 Å². The molecule has 0 aromatic rings. The molecule has 0 aromatic heterocycles. The fraction of sp³-hybridized carbons (Fsp3) is 0.500. The lowest BCUT2D eigenvalue weighted by Gasteiger charge is -1.67. The average molecular weight is 77.1 g/mol. The van der Waals surface area contributed by atoms with Crippen molar-refractivity contribution < 1.29 is 14.9 Å². The summed E-state index contributed by atoms with van der Waals surface area (Å²) in [7, 11) is 0. The quantitative estimate of drug-likeness (QED) is 0.181. The summed E-state index contributed by atoms with van der Waals surface area (Å²) in [5.41, 5.74) is 0. The Hall–Kier alpha value is -0.410. The zero-order chi connectivity index (χ0) is 4.12. The van der Waals surface area contributed by atoms with Gasteiger partial charge in [0.25, 0.3) is 0 Å². The highest BCUT2D eigenvalue weighted by Gasteiger charge is 1.71. The largest absolute Gasteiger partial charge is 0.300 e. The molecule has 0 aliphatic rings. The fourth-order valence-electron chi connectivity index (χ4n) is 0.0340. The van der Waals surface area contributed by atoms with Crippen molar-refractivity contribution in [3.63, 3.8) is 0 Å². The van der Waals surface area contributed by atoms with E-state index >= 15 is 0 Å². The maximum absolute atomic E-state index is 9.16. The topological polar surface area (TPSA) is 49.2 Å². The number of carbonyl (C=O) groups excluding carboxylic acids is 1. The summed E-state index contributed by atoms with van der Waals surface area (Å²) in [5, 5.41) is 5.87. The minimum atomic E-state index is -0.125. The summed E-state index contributed by atoms with van der Waals surface area (Å²) in [4.78, 5) is 12.7. The maximum atomic E-state index is 9.16. The smallest absolute Gasteiger partial charge is 0.183 e. The molecule has 0 unspecified atom stereocenters. The van der Waals surface area contributed by atoms with Crippen LogP contribution < -0.4 is 0 Å². The third-order valence-corrected chi connectivity index (χ3v) is 0.151. The lowest BCUT2D eigenvalue weighted by Crippen LogP contribution is -1.85. The molecule has 0 fully saturated rings. The van der Waals surface area contributed by atoms with E-state index in [2.05, 4.69) is 4.89 Å². The third kappa shape index (κ3) is 3.59. The molecule has 0 bridgehead atoms. The molecule has 0 atom stereocenters. The van der Waals surface area contributed by atoms with Gasteiger partial charge >= 0.3 is 0 Å². The van der Waals surface area contributed by atoms with Gasteiger partial charge < -0.3 is 4.79 Å². The summed E-state index contributed by atoms with van der Waals surface area (Å²) in [5.74, 6) is 0. The van der Waals surface area contributed by atoms with Crippen LogP contribution in [0.3, 0.4) is 0 Å². The van der Waals surface area contributed by atoms with Gasteiger partial charge in [-0.15, -0.1) is 4.89 Å². The van der Waals surface area contributed by atoms with Gasteiger partial charge in [-0.1, -0.05) is 0 Å². The summed E-state index contributed by atoms with van der Waals surface area (Å²) >= 11 is 0. The molecule has 3 heteroatoms. The molecule has 2 N–H and O–H groups in total. The van der Waals surface area contributed by atoms with Crippen molar-refractivity contribution in [3.05, 3.63) is 0 Å². The van der Waals surface area contributed by atoms with Gasteiger partial charge in [0.1, 0.15) is 0 Å². The van der Waals surface area contributed by atoms with Gasteiger partial charge in [0.05, 0.1) is 0 Å². The first-order chi connectivity index (χ1) is 2.41. The fourth-order valence-corrected chi connectivity index (χ4v) is 0.0340. The Morgan fingerprint density at radius 1 is 2.00 bits per heavy atom. The number of hydrogen-bond acceptors (Lipinski definition) is 2. The standard InChI is InChI=1S/C2H4O3/c3-1-2-5-4/h1,4H,2H2/p+1. The Bertz CT molecular complexity index is 26.1. The van der Waals surface area contributed by atoms with Gasteiger partial charge in [-0.3, -0.25) is 5.26 Å². The van der Waals surface area contributed by atoms with Crippen LogP contribution in [-0.2, 0) is 9.68 Å². The molecule has 0 amide bonds. The van der Waals surface area contributed by atoms with Gasteiger partial charge in [-0.25, -0.2) is 0 Å². The lowest BCUT2D eigenvalue weighted by atomic mass is 10.9. The van der Waals surface area contributed by atoms with Crippen molar-refractivity contribution in [1.82, 2.24) is 0 Å². The molecule has 0 rings (SSSR count). The minimum Gasteiger partial charge on any atom is -0.300 e. The molecule has 0 saturated heterocycles. The SMILES string of the molecule is O=CCO[OH2+]. The molecule has 0 aromatic carbocycles. The molecule has 0 aliphatic heterocycles. The number of hydrogen-bond donors (Lipinski definition) is 0. The van der Waals surface area contributed by atoms with Crippen molar-refractivity contribution in [2.45, 2.75) is 0 Å². The highest BCUT2D eigenvalue weighted by atomic mass is 17.1. The monoisotopic (exact) mass is 77.0 g/mol. The van der Waals surface area contributed by atoms with Crippen LogP contribution in [0.1, 0.15) is 0 Å². The van der Waals surface area contributed by atoms with E-state index in [1.807, 2.05) is 0 Å². The van der Waals surface area contributed by atoms with Gasteiger partial charge in [0.15, 0.2) is 12.9 Å². The van der Waals surface area contributed by atoms with E-state index in [4.69, 9.17) is 10.1 Å². The van der Waals surface area contributed by atoms with Crippen molar-refractivity contribution in [1.29, 1.82) is 0 Å². The Morgan fingerprint density at radius 3 is 2.60 bits per heavy atom. The zero-order valence-electron chi connectivity index (χ0n) is 2.60. The van der Waals surface area contributed by atoms with E-state index in [1.54, 1.807) is 0 Å². The highest BCUT2D eigenvalue weighted by Crippen LogP contribution is 1.49. The lowest BCUT2D eigenvalue weighted by molar-refractivity contribution is -0.234. The molecule has 3 nitrogen and oxygen atoms in total. The van der Waals surface area contributed by atoms with Crippen molar-refractivity contribution in [2.24, 2.45) is 0 Å². The van der Waals surface area contributed by atoms with Crippen LogP contribution in [0, 0.1) is 0 Å². The summed E-state index contributed by atoms with van der Waals surface area (Å²) < 4.78 is 0. The van der Waals surface area contributed by atoms with E-state index < -0.39 is 0 Å². The zero-order valence-corrected chi connectivity index (χ0v) is 2.60. The van der Waals surface area contributed by atoms with Crippen LogP contribution in [0.2, 0.25) is 0 Å². The molecule has 30 valence electrons. The Balaban J connectivity index is 2.40. The molecule has 0 aliphatic carbocycles. The number of carbonyl (C=O) groups is 1. The second-order valence-electron chi connectivity index (χ2n) is 0.478. The van der Waals surface area contributed by atoms with Crippen LogP contribution >= 0.6 is 0 Å². The van der Waals surface area contributed by atoms with Crippen LogP contribution in [-0.4, -0.2) is 18.2 Å². The predicted octanol–water partition coefficient (Wildman–Crippen LogP) is -1.16. The van der Waals surface area contributed by atoms with Crippen LogP contribution in [0.4, 0.5) is 0 Å². The summed E-state index contributed by atoms with van der Waals surface area (Å²) in [6, 6.07) is 0. The molecular formula is C2H5O3+. The molecule has 5 heavy (non-hydrogen) atoms. The number of aldehydes is 1. The van der Waals surface area contributed by atoms with Gasteiger partial charge in [-0.05, 0) is 0 Å². The molecule has 0 heterocycles. The van der Waals surface area contributed by atoms with E-state index in [1.165, 1.54) is 0 Å². The Morgan fingerprint density at radius 2 is 2.60 bits per heavy atom. The first-order valence-electron chi connectivity index (χ1n) is 1.14. The van der Waals surface area contributed by atoms with E-state index in [9.17, 15) is 0 Å². The normalized spacial score (nSPS) is 7.40. The Kier molecular flexibility index (Phi) is 3.30. The molecular weight excluding hydrogens is 72.0 g/mol. The highest BCUT2D eigenvalue weighted by molar-refractivity contribution is 5.50. The third-order valence-electron chi connectivity index (χ3n) is 0.151. The van der Waals surface area contributed by atoms with Crippen LogP contribution in [0.15, 0.2) is 0 Å². The van der Waals surface area contributed by atoms with Gasteiger partial charge in [0.2, 0.25) is 0 Å². The molecule has 0 radical (unpaired) electrons. The second-order valence-corrected chi connectivity index (χ2v) is 0.478. The maximum Gasteiger partial charge on any atom is 0.183 e. The van der Waals surface area contributed by atoms with E-state index in [0.717, 1.165) is 0 Å². The van der Waals surface area contributed by atoms with Crippen molar-refractivity contribution >= 4 is 6.29 Å². The molecule has 0 spiro atoms. The molecule has 0 saturated carbocycles. The minimum absolute atomic E-state index is 0.125. The average Bonchev–Trinajstić information content (AvgIpc) is 1.41. The van der Waals surface area contributed by atoms with E-state index in [0.29, 0.717) is 6.29 Å². The van der Waals surface area contributed by atoms with E-state index in [-0.39, 0.29) is 6.61 Å². The van der Waals surface area contributed by atoms with Crippen LogP contribution in [0.5, 0.6) is 0 Å². The van der Waals surface area contributed by atoms with Gasteiger partial charge in [0, 0.05) is 0 Å². The first-order valence-corrected chi connectivity index (χ1v) is 1.14. The Labute approximate surface area is 29.1 Å². The number of rotatable bonds is 2. The second kappa shape index (κ2) is 3.59. The summed E-state index contributed by atoms with van der Waals surface area (Å²) in [6.07, 6.45) is 0.521.